The molecule has 0 amide bonds. The zero-order chi connectivity index (χ0) is 16.1. The van der Waals surface area contributed by atoms with E-state index in [2.05, 4.69) is 10.3 Å². The molecular formula is C14H15FN2O4S. The summed E-state index contributed by atoms with van der Waals surface area (Å²) >= 11 is 0. The zero-order valence-electron chi connectivity index (χ0n) is 12.3. The topological polar surface area (TPSA) is 81.8 Å². The Morgan fingerprint density at radius 3 is 2.73 bits per heavy atom. The smallest absolute Gasteiger partial charge is 0.203 e. The van der Waals surface area contributed by atoms with Gasteiger partial charge in [0.15, 0.2) is 10.6 Å². The predicted molar refractivity (Wildman–Crippen MR) is 78.5 cm³/mol. The van der Waals surface area contributed by atoms with Crippen molar-refractivity contribution in [3.8, 4) is 0 Å². The lowest BCUT2D eigenvalue weighted by Crippen LogP contribution is -2.25. The van der Waals surface area contributed by atoms with E-state index < -0.39 is 26.5 Å². The lowest BCUT2D eigenvalue weighted by Gasteiger charge is -2.14. The van der Waals surface area contributed by atoms with E-state index in [-0.39, 0.29) is 22.7 Å². The number of halogens is 1. The summed E-state index contributed by atoms with van der Waals surface area (Å²) in [5.74, 6) is -0.471. The first-order chi connectivity index (χ1) is 10.2. The van der Waals surface area contributed by atoms with Crippen LogP contribution in [0, 0.1) is 5.82 Å². The predicted octanol–water partition coefficient (Wildman–Crippen LogP) is 2.96. The van der Waals surface area contributed by atoms with Crippen molar-refractivity contribution in [1.29, 1.82) is 0 Å². The summed E-state index contributed by atoms with van der Waals surface area (Å²) in [7, 11) is -3.73. The van der Waals surface area contributed by atoms with Gasteiger partial charge in [-0.05, 0) is 32.9 Å². The molecule has 0 saturated heterocycles. The van der Waals surface area contributed by atoms with Gasteiger partial charge in [-0.15, -0.1) is 0 Å². The Morgan fingerprint density at radius 1 is 1.36 bits per heavy atom. The highest BCUT2D eigenvalue weighted by Gasteiger charge is 2.40. The van der Waals surface area contributed by atoms with Crippen molar-refractivity contribution in [3.63, 3.8) is 0 Å². The van der Waals surface area contributed by atoms with Crippen molar-refractivity contribution >= 4 is 25.9 Å². The standard InChI is InChI=1S/C14H15FN2O4S/c1-8(22(18,19)12-7-14(2,3)21-16-12)13-10-5-4-9(15)6-11(10)20-17-13/h4-6,8H,7H2,1-3H3/t8-/m0/s1. The van der Waals surface area contributed by atoms with E-state index in [4.69, 9.17) is 9.36 Å². The van der Waals surface area contributed by atoms with Crippen LogP contribution in [-0.4, -0.2) is 24.2 Å². The minimum atomic E-state index is -3.73. The molecule has 1 aromatic carbocycles. The average Bonchev–Trinajstić information content (AvgIpc) is 3.00. The molecule has 0 unspecified atom stereocenters. The number of oxime groups is 1. The van der Waals surface area contributed by atoms with Crippen LogP contribution in [0.3, 0.4) is 0 Å². The summed E-state index contributed by atoms with van der Waals surface area (Å²) in [6.07, 6.45) is 0.198. The first-order valence-electron chi connectivity index (χ1n) is 6.74. The molecule has 1 aliphatic rings. The zero-order valence-corrected chi connectivity index (χ0v) is 13.1. The van der Waals surface area contributed by atoms with Crippen molar-refractivity contribution in [2.24, 2.45) is 5.16 Å². The quantitative estimate of drug-likeness (QED) is 0.847. The molecule has 3 rings (SSSR count). The van der Waals surface area contributed by atoms with Crippen LogP contribution < -0.4 is 0 Å². The maximum atomic E-state index is 13.2. The third-order valence-corrected chi connectivity index (χ3v) is 5.64. The molecule has 8 heteroatoms. The minimum Gasteiger partial charge on any atom is -0.389 e. The first-order valence-corrected chi connectivity index (χ1v) is 8.29. The minimum absolute atomic E-state index is 0.0109. The maximum absolute atomic E-state index is 13.2. The molecule has 0 N–H and O–H groups in total. The SMILES string of the molecule is C[C@@H](c1noc2cc(F)ccc12)S(=O)(=O)C1=NOC(C)(C)C1. The fraction of sp³-hybridized carbons (Fsp3) is 0.429. The van der Waals surface area contributed by atoms with Gasteiger partial charge in [0.05, 0.1) is 0 Å². The number of hydrogen-bond acceptors (Lipinski definition) is 6. The molecule has 118 valence electrons. The van der Waals surface area contributed by atoms with E-state index in [9.17, 15) is 12.8 Å². The van der Waals surface area contributed by atoms with Gasteiger partial charge in [0.1, 0.15) is 22.4 Å². The molecule has 2 aromatic rings. The molecular weight excluding hydrogens is 311 g/mol. The van der Waals surface area contributed by atoms with Crippen molar-refractivity contribution < 1.29 is 22.2 Å². The fourth-order valence-corrected chi connectivity index (χ4v) is 3.89. The van der Waals surface area contributed by atoms with Gasteiger partial charge in [0, 0.05) is 17.9 Å². The highest BCUT2D eigenvalue weighted by Crippen LogP contribution is 2.34. The third kappa shape index (κ3) is 2.37. The number of hydrogen-bond donors (Lipinski definition) is 0. The molecule has 0 fully saturated rings. The summed E-state index contributed by atoms with van der Waals surface area (Å²) in [5.41, 5.74) is -0.193. The number of rotatable bonds is 2. The number of nitrogens with zero attached hydrogens (tertiary/aromatic N) is 2. The Morgan fingerprint density at radius 2 is 2.09 bits per heavy atom. The van der Waals surface area contributed by atoms with Crippen LogP contribution in [-0.2, 0) is 14.7 Å². The lowest BCUT2D eigenvalue weighted by atomic mass is 10.1. The average molecular weight is 326 g/mol. The Hall–Kier alpha value is -1.96. The van der Waals surface area contributed by atoms with Crippen LogP contribution in [0.2, 0.25) is 0 Å². The van der Waals surface area contributed by atoms with Gasteiger partial charge in [-0.2, -0.15) is 0 Å². The van der Waals surface area contributed by atoms with Crippen molar-refractivity contribution in [3.05, 3.63) is 29.7 Å². The molecule has 1 aliphatic heterocycles. The summed E-state index contributed by atoms with van der Waals surface area (Å²) in [6.45, 7) is 5.03. The Bertz CT molecular complexity index is 870. The molecule has 6 nitrogen and oxygen atoms in total. The Balaban J connectivity index is 2.00. The molecule has 0 saturated carbocycles. The van der Waals surface area contributed by atoms with Gasteiger partial charge < -0.3 is 9.36 Å². The molecule has 0 spiro atoms. The molecule has 1 atom stereocenters. The highest BCUT2D eigenvalue weighted by molar-refractivity contribution is 8.06. The Labute approximate surface area is 126 Å². The van der Waals surface area contributed by atoms with Crippen LogP contribution in [0.15, 0.2) is 27.9 Å². The van der Waals surface area contributed by atoms with Crippen LogP contribution in [0.25, 0.3) is 11.0 Å². The van der Waals surface area contributed by atoms with Crippen LogP contribution in [0.4, 0.5) is 4.39 Å². The molecule has 0 aliphatic carbocycles. The van der Waals surface area contributed by atoms with E-state index in [0.717, 1.165) is 0 Å². The summed E-state index contributed by atoms with van der Waals surface area (Å²) in [4.78, 5) is 5.13. The van der Waals surface area contributed by atoms with Crippen LogP contribution in [0.5, 0.6) is 0 Å². The van der Waals surface area contributed by atoms with Crippen molar-refractivity contribution in [2.45, 2.75) is 38.0 Å². The Kier molecular flexibility index (Phi) is 3.24. The van der Waals surface area contributed by atoms with Gasteiger partial charge in [0.25, 0.3) is 0 Å². The van der Waals surface area contributed by atoms with E-state index in [1.807, 2.05) is 0 Å². The maximum Gasteiger partial charge on any atom is 0.203 e. The summed E-state index contributed by atoms with van der Waals surface area (Å²) in [6, 6.07) is 3.87. The second kappa shape index (κ2) is 4.77. The lowest BCUT2D eigenvalue weighted by molar-refractivity contribution is 0.0123. The van der Waals surface area contributed by atoms with Gasteiger partial charge in [0.2, 0.25) is 9.84 Å². The molecule has 1 aromatic heterocycles. The van der Waals surface area contributed by atoms with Gasteiger partial charge in [-0.25, -0.2) is 12.8 Å². The second-order valence-electron chi connectivity index (χ2n) is 5.91. The van der Waals surface area contributed by atoms with Crippen LogP contribution in [0.1, 0.15) is 38.1 Å². The van der Waals surface area contributed by atoms with Crippen LogP contribution >= 0.6 is 0 Å². The summed E-state index contributed by atoms with van der Waals surface area (Å²) in [5, 5.41) is 6.98. The first kappa shape index (κ1) is 15.0. The highest BCUT2D eigenvalue weighted by atomic mass is 32.2. The van der Waals surface area contributed by atoms with Crippen molar-refractivity contribution in [2.75, 3.05) is 0 Å². The number of aromatic nitrogens is 1. The van der Waals surface area contributed by atoms with Gasteiger partial charge >= 0.3 is 0 Å². The van der Waals surface area contributed by atoms with Gasteiger partial charge in [-0.3, -0.25) is 0 Å². The normalized spacial score (nSPS) is 19.0. The number of fused-ring (bicyclic) bond motifs is 1. The molecule has 0 bridgehead atoms. The van der Waals surface area contributed by atoms with Gasteiger partial charge in [-0.1, -0.05) is 10.3 Å². The monoisotopic (exact) mass is 326 g/mol. The molecule has 22 heavy (non-hydrogen) atoms. The number of benzene rings is 1. The third-order valence-electron chi connectivity index (χ3n) is 3.61. The fourth-order valence-electron chi connectivity index (χ4n) is 2.33. The second-order valence-corrected chi connectivity index (χ2v) is 8.18. The van der Waals surface area contributed by atoms with Crippen molar-refractivity contribution in [1.82, 2.24) is 5.16 Å². The van der Waals surface area contributed by atoms with E-state index in [1.54, 1.807) is 13.8 Å². The van der Waals surface area contributed by atoms with E-state index in [0.29, 0.717) is 5.39 Å². The molecule has 0 radical (unpaired) electrons. The summed E-state index contributed by atoms with van der Waals surface area (Å²) < 4.78 is 43.5. The largest absolute Gasteiger partial charge is 0.389 e. The molecule has 2 heterocycles. The number of sulfone groups is 1. The van der Waals surface area contributed by atoms with E-state index >= 15 is 0 Å². The van der Waals surface area contributed by atoms with E-state index in [1.165, 1.54) is 25.1 Å².